The van der Waals surface area contributed by atoms with Crippen LogP contribution in [0.2, 0.25) is 5.02 Å². The summed E-state index contributed by atoms with van der Waals surface area (Å²) in [7, 11) is 0. The Morgan fingerprint density at radius 2 is 2.35 bits per heavy atom. The molecule has 1 amide bonds. The molecule has 3 nitrogen and oxygen atoms in total. The summed E-state index contributed by atoms with van der Waals surface area (Å²) in [6.45, 7) is 5.87. The van der Waals surface area contributed by atoms with Gasteiger partial charge in [0.05, 0.1) is 10.6 Å². The van der Waals surface area contributed by atoms with E-state index in [1.165, 1.54) is 0 Å². The average Bonchev–Trinajstić information content (AvgIpc) is 2.64. The van der Waals surface area contributed by atoms with Crippen LogP contribution in [0.25, 0.3) is 10.9 Å². The highest BCUT2D eigenvalue weighted by molar-refractivity contribution is 6.37. The number of nitrogens with one attached hydrogen (secondary N) is 2. The predicted molar refractivity (Wildman–Crippen MR) is 70.6 cm³/mol. The smallest absolute Gasteiger partial charge is 0.254 e. The van der Waals surface area contributed by atoms with Crippen LogP contribution in [0.4, 0.5) is 0 Å². The van der Waals surface area contributed by atoms with E-state index in [0.717, 1.165) is 16.6 Å². The number of aromatic nitrogens is 1. The number of H-pyrrole nitrogens is 1. The minimum absolute atomic E-state index is 0.137. The molecule has 0 fully saturated rings. The molecule has 0 unspecified atom stereocenters. The molecule has 0 aliphatic carbocycles. The molecule has 2 rings (SSSR count). The zero-order valence-electron chi connectivity index (χ0n) is 9.51. The van der Waals surface area contributed by atoms with E-state index in [9.17, 15) is 4.79 Å². The first kappa shape index (κ1) is 11.7. The van der Waals surface area contributed by atoms with Crippen molar-refractivity contribution >= 4 is 28.4 Å². The fourth-order valence-corrected chi connectivity index (χ4v) is 2.14. The molecule has 88 valence electrons. The molecule has 1 heterocycles. The molecule has 4 heteroatoms. The maximum Gasteiger partial charge on any atom is 0.254 e. The fraction of sp³-hybridized carbons (Fsp3) is 0.154. The Balaban J connectivity index is 2.56. The van der Waals surface area contributed by atoms with Crippen LogP contribution in [0.5, 0.6) is 0 Å². The molecule has 0 atom stereocenters. The van der Waals surface area contributed by atoms with Gasteiger partial charge in [-0.15, -0.1) is 6.58 Å². The maximum absolute atomic E-state index is 12.0. The van der Waals surface area contributed by atoms with Gasteiger partial charge in [0.2, 0.25) is 0 Å². The minimum atomic E-state index is -0.137. The summed E-state index contributed by atoms with van der Waals surface area (Å²) >= 11 is 6.13. The van der Waals surface area contributed by atoms with E-state index < -0.39 is 0 Å². The standard InChI is InChI=1S/C13H13ClN2O/c1-3-7-15-13(17)11-8(2)16-10-6-4-5-9(14)12(10)11/h3-6,16H,1,7H2,2H3,(H,15,17). The first-order valence-corrected chi connectivity index (χ1v) is 5.69. The van der Waals surface area contributed by atoms with E-state index >= 15 is 0 Å². The SMILES string of the molecule is C=CCNC(=O)c1c(C)[nH]c2cccc(Cl)c12. The summed E-state index contributed by atoms with van der Waals surface area (Å²) < 4.78 is 0. The summed E-state index contributed by atoms with van der Waals surface area (Å²) in [5.41, 5.74) is 2.29. The topological polar surface area (TPSA) is 44.9 Å². The largest absolute Gasteiger partial charge is 0.358 e. The molecular weight excluding hydrogens is 236 g/mol. The zero-order chi connectivity index (χ0) is 12.4. The van der Waals surface area contributed by atoms with E-state index in [-0.39, 0.29) is 5.91 Å². The van der Waals surface area contributed by atoms with Crippen molar-refractivity contribution in [1.29, 1.82) is 0 Å². The summed E-state index contributed by atoms with van der Waals surface area (Å²) in [6, 6.07) is 5.53. The first-order valence-electron chi connectivity index (χ1n) is 5.31. The number of hydrogen-bond acceptors (Lipinski definition) is 1. The van der Waals surface area contributed by atoms with Crippen LogP contribution in [0.1, 0.15) is 16.1 Å². The van der Waals surface area contributed by atoms with Crippen LogP contribution in [0.15, 0.2) is 30.9 Å². The van der Waals surface area contributed by atoms with Crippen molar-refractivity contribution in [1.82, 2.24) is 10.3 Å². The molecule has 1 aromatic heterocycles. The van der Waals surface area contributed by atoms with Gasteiger partial charge in [-0.1, -0.05) is 23.7 Å². The molecule has 0 saturated carbocycles. The molecule has 0 radical (unpaired) electrons. The number of fused-ring (bicyclic) bond motifs is 1. The lowest BCUT2D eigenvalue weighted by molar-refractivity contribution is 0.0959. The molecule has 1 aromatic carbocycles. The molecule has 2 aromatic rings. The Kier molecular flexibility index (Phi) is 3.20. The lowest BCUT2D eigenvalue weighted by atomic mass is 10.1. The Labute approximate surface area is 104 Å². The van der Waals surface area contributed by atoms with Crippen LogP contribution in [0.3, 0.4) is 0 Å². The third kappa shape index (κ3) is 2.06. The van der Waals surface area contributed by atoms with Crippen LogP contribution in [-0.2, 0) is 0 Å². The number of hydrogen-bond donors (Lipinski definition) is 2. The van der Waals surface area contributed by atoms with Crippen molar-refractivity contribution < 1.29 is 4.79 Å². The van der Waals surface area contributed by atoms with E-state index in [1.54, 1.807) is 12.1 Å². The lowest BCUT2D eigenvalue weighted by Crippen LogP contribution is -2.23. The fourth-order valence-electron chi connectivity index (χ4n) is 1.87. The highest BCUT2D eigenvalue weighted by Crippen LogP contribution is 2.28. The van der Waals surface area contributed by atoms with Gasteiger partial charge in [0.1, 0.15) is 0 Å². The van der Waals surface area contributed by atoms with Gasteiger partial charge in [0, 0.05) is 23.1 Å². The van der Waals surface area contributed by atoms with Gasteiger partial charge in [-0.25, -0.2) is 0 Å². The van der Waals surface area contributed by atoms with Crippen molar-refractivity contribution in [2.75, 3.05) is 6.54 Å². The third-order valence-electron chi connectivity index (χ3n) is 2.59. The van der Waals surface area contributed by atoms with E-state index in [4.69, 9.17) is 11.6 Å². The van der Waals surface area contributed by atoms with Crippen molar-refractivity contribution in [3.63, 3.8) is 0 Å². The van der Waals surface area contributed by atoms with E-state index in [1.807, 2.05) is 19.1 Å². The third-order valence-corrected chi connectivity index (χ3v) is 2.91. The average molecular weight is 249 g/mol. The van der Waals surface area contributed by atoms with Gasteiger partial charge >= 0.3 is 0 Å². The molecule has 0 bridgehead atoms. The second kappa shape index (κ2) is 4.63. The van der Waals surface area contributed by atoms with Crippen molar-refractivity contribution in [2.45, 2.75) is 6.92 Å². The molecule has 0 saturated heterocycles. The maximum atomic E-state index is 12.0. The van der Waals surface area contributed by atoms with Gasteiger partial charge < -0.3 is 10.3 Å². The highest BCUT2D eigenvalue weighted by Gasteiger charge is 2.17. The van der Waals surface area contributed by atoms with Gasteiger partial charge in [0.25, 0.3) is 5.91 Å². The minimum Gasteiger partial charge on any atom is -0.358 e. The molecule has 2 N–H and O–H groups in total. The number of amides is 1. The molecule has 17 heavy (non-hydrogen) atoms. The van der Waals surface area contributed by atoms with Gasteiger partial charge in [-0.3, -0.25) is 4.79 Å². The van der Waals surface area contributed by atoms with Gasteiger partial charge in [0.15, 0.2) is 0 Å². The molecular formula is C13H13ClN2O. The second-order valence-corrected chi connectivity index (χ2v) is 4.19. The van der Waals surface area contributed by atoms with Gasteiger partial charge in [-0.2, -0.15) is 0 Å². The predicted octanol–water partition coefficient (Wildman–Crippen LogP) is 3.05. The number of carbonyl (C=O) groups is 1. The quantitative estimate of drug-likeness (QED) is 0.806. The second-order valence-electron chi connectivity index (χ2n) is 3.79. The number of aromatic amines is 1. The van der Waals surface area contributed by atoms with Gasteiger partial charge in [-0.05, 0) is 19.1 Å². The summed E-state index contributed by atoms with van der Waals surface area (Å²) in [5.74, 6) is -0.137. The van der Waals surface area contributed by atoms with Crippen LogP contribution < -0.4 is 5.32 Å². The number of carbonyl (C=O) groups excluding carboxylic acids is 1. The number of aryl methyl sites for hydroxylation is 1. The molecule has 0 aliphatic rings. The zero-order valence-corrected chi connectivity index (χ0v) is 10.3. The van der Waals surface area contributed by atoms with Crippen molar-refractivity contribution in [3.05, 3.63) is 47.1 Å². The number of benzene rings is 1. The van der Waals surface area contributed by atoms with Crippen molar-refractivity contribution in [3.8, 4) is 0 Å². The van der Waals surface area contributed by atoms with E-state index in [2.05, 4.69) is 16.9 Å². The lowest BCUT2D eigenvalue weighted by Gasteiger charge is -2.03. The number of rotatable bonds is 3. The monoisotopic (exact) mass is 248 g/mol. The highest BCUT2D eigenvalue weighted by atomic mass is 35.5. The van der Waals surface area contributed by atoms with E-state index in [0.29, 0.717) is 17.1 Å². The van der Waals surface area contributed by atoms with Crippen LogP contribution >= 0.6 is 11.6 Å². The Bertz CT molecular complexity index is 586. The first-order chi connectivity index (χ1) is 8.15. The Hall–Kier alpha value is -1.74. The number of halogens is 1. The van der Waals surface area contributed by atoms with Crippen LogP contribution in [-0.4, -0.2) is 17.4 Å². The molecule has 0 spiro atoms. The summed E-state index contributed by atoms with van der Waals surface area (Å²) in [4.78, 5) is 15.2. The Morgan fingerprint density at radius 3 is 3.06 bits per heavy atom. The summed E-state index contributed by atoms with van der Waals surface area (Å²) in [5, 5.41) is 4.11. The summed E-state index contributed by atoms with van der Waals surface area (Å²) in [6.07, 6.45) is 1.64. The van der Waals surface area contributed by atoms with Crippen LogP contribution in [0, 0.1) is 6.92 Å². The van der Waals surface area contributed by atoms with Crippen molar-refractivity contribution in [2.24, 2.45) is 0 Å². The Morgan fingerprint density at radius 1 is 1.59 bits per heavy atom. The molecule has 0 aliphatic heterocycles. The normalized spacial score (nSPS) is 10.5.